The summed E-state index contributed by atoms with van der Waals surface area (Å²) in [5, 5.41) is 0.227. The van der Waals surface area contributed by atoms with Gasteiger partial charge in [0.1, 0.15) is 11.4 Å². The van der Waals surface area contributed by atoms with Crippen molar-refractivity contribution in [2.75, 3.05) is 0 Å². The molecule has 1 unspecified atom stereocenters. The highest BCUT2D eigenvalue weighted by molar-refractivity contribution is 8.13. The van der Waals surface area contributed by atoms with Gasteiger partial charge < -0.3 is 4.98 Å². The summed E-state index contributed by atoms with van der Waals surface area (Å²) < 4.78 is 37.6. The fraction of sp³-hybridized carbons (Fsp3) is 0.0952. The van der Waals surface area contributed by atoms with Crippen molar-refractivity contribution in [3.05, 3.63) is 86.9 Å². The molecule has 2 heterocycles. The van der Waals surface area contributed by atoms with Crippen molar-refractivity contribution in [2.45, 2.75) is 16.9 Å². The van der Waals surface area contributed by atoms with E-state index in [0.717, 1.165) is 17.8 Å². The molecule has 0 saturated heterocycles. The standard InChI is InChI=1S/C21H13Cl2FN2O4S/c22-13-4-2-12(3-5-13)10-21(6-1-7-26-21)20(28)16-11-25-18-15(19(16)27)8-14(9-17(18)24)31(23,29)30/h1-9,11H,10H2,(H,25,27). The van der Waals surface area contributed by atoms with Crippen molar-refractivity contribution in [1.82, 2.24) is 4.98 Å². The van der Waals surface area contributed by atoms with E-state index in [1.807, 2.05) is 0 Å². The molecule has 1 aliphatic heterocycles. The number of fused-ring (bicyclic) bond motifs is 1. The minimum atomic E-state index is -4.29. The predicted molar refractivity (Wildman–Crippen MR) is 117 cm³/mol. The van der Waals surface area contributed by atoms with Gasteiger partial charge in [-0.15, -0.1) is 0 Å². The molecule has 0 fully saturated rings. The number of aromatic nitrogens is 1. The highest BCUT2D eigenvalue weighted by Gasteiger charge is 2.39. The van der Waals surface area contributed by atoms with Crippen molar-refractivity contribution >= 4 is 54.2 Å². The van der Waals surface area contributed by atoms with E-state index in [2.05, 4.69) is 9.98 Å². The third-order valence-electron chi connectivity index (χ3n) is 4.98. The molecule has 1 atom stereocenters. The van der Waals surface area contributed by atoms with Crippen molar-refractivity contribution < 1.29 is 17.6 Å². The zero-order chi connectivity index (χ0) is 22.4. The predicted octanol–water partition coefficient (Wildman–Crippen LogP) is 4.05. The van der Waals surface area contributed by atoms with Gasteiger partial charge in [0, 0.05) is 34.5 Å². The fourth-order valence-electron chi connectivity index (χ4n) is 3.46. The smallest absolute Gasteiger partial charge is 0.261 e. The van der Waals surface area contributed by atoms with Crippen LogP contribution in [0, 0.1) is 5.82 Å². The number of Topliss-reactive ketones (excluding diaryl/α,β-unsaturated/α-hetero) is 1. The Morgan fingerprint density at radius 2 is 1.90 bits per heavy atom. The SMILES string of the molecule is O=C(c1c[nH]c2c(F)cc(S(=O)(=O)Cl)cc2c1=O)C1(Cc2ccc(Cl)cc2)C=CC=N1. The number of halogens is 3. The van der Waals surface area contributed by atoms with Crippen LogP contribution in [0.5, 0.6) is 0 Å². The summed E-state index contributed by atoms with van der Waals surface area (Å²) in [6.45, 7) is 0. The van der Waals surface area contributed by atoms with E-state index < -0.39 is 36.5 Å². The third-order valence-corrected chi connectivity index (χ3v) is 6.57. The molecule has 1 aromatic heterocycles. The number of benzene rings is 2. The normalized spacial score (nSPS) is 18.0. The Kier molecular flexibility index (Phi) is 5.33. The Morgan fingerprint density at radius 1 is 1.19 bits per heavy atom. The number of allylic oxidation sites excluding steroid dienone is 1. The van der Waals surface area contributed by atoms with E-state index in [0.29, 0.717) is 11.1 Å². The molecular weight excluding hydrogens is 466 g/mol. The number of nitrogens with one attached hydrogen (secondary N) is 1. The second kappa shape index (κ2) is 7.71. The van der Waals surface area contributed by atoms with E-state index in [-0.39, 0.29) is 22.9 Å². The number of aromatic amines is 1. The van der Waals surface area contributed by atoms with Gasteiger partial charge in [0.2, 0.25) is 0 Å². The summed E-state index contributed by atoms with van der Waals surface area (Å²) >= 11 is 5.92. The Morgan fingerprint density at radius 3 is 2.52 bits per heavy atom. The number of hydrogen-bond donors (Lipinski definition) is 1. The van der Waals surface area contributed by atoms with Gasteiger partial charge in [-0.3, -0.25) is 14.6 Å². The lowest BCUT2D eigenvalue weighted by molar-refractivity contribution is 0.0922. The highest BCUT2D eigenvalue weighted by atomic mass is 35.7. The monoisotopic (exact) mass is 478 g/mol. The second-order valence-electron chi connectivity index (χ2n) is 6.99. The summed E-state index contributed by atoms with van der Waals surface area (Å²) in [6.07, 6.45) is 5.91. The molecular formula is C21H13Cl2FN2O4S. The maximum Gasteiger partial charge on any atom is 0.261 e. The van der Waals surface area contributed by atoms with E-state index in [1.54, 1.807) is 36.4 Å². The van der Waals surface area contributed by atoms with Gasteiger partial charge in [-0.25, -0.2) is 12.8 Å². The lowest BCUT2D eigenvalue weighted by atomic mass is 9.84. The summed E-state index contributed by atoms with van der Waals surface area (Å²) in [6, 6.07) is 8.49. The lowest BCUT2D eigenvalue weighted by Gasteiger charge is -2.23. The largest absolute Gasteiger partial charge is 0.358 e. The first-order chi connectivity index (χ1) is 14.6. The summed E-state index contributed by atoms with van der Waals surface area (Å²) in [7, 11) is 1.01. The highest BCUT2D eigenvalue weighted by Crippen LogP contribution is 2.28. The van der Waals surface area contributed by atoms with Crippen LogP contribution in [0.2, 0.25) is 5.02 Å². The number of H-pyrrole nitrogens is 1. The zero-order valence-electron chi connectivity index (χ0n) is 15.6. The average molecular weight is 479 g/mol. The molecule has 0 bridgehead atoms. The molecule has 0 amide bonds. The minimum absolute atomic E-state index is 0.165. The zero-order valence-corrected chi connectivity index (χ0v) is 17.9. The van der Waals surface area contributed by atoms with Crippen LogP contribution in [-0.2, 0) is 15.5 Å². The maximum atomic E-state index is 14.4. The Bertz CT molecular complexity index is 1430. The second-order valence-corrected chi connectivity index (χ2v) is 9.99. The summed E-state index contributed by atoms with van der Waals surface area (Å²) in [5.74, 6) is -1.60. The Hall–Kier alpha value is -2.81. The number of ketones is 1. The number of carbonyl (C=O) groups excluding carboxylic acids is 1. The van der Waals surface area contributed by atoms with Gasteiger partial charge in [-0.05, 0) is 42.0 Å². The van der Waals surface area contributed by atoms with Crippen LogP contribution >= 0.6 is 22.3 Å². The van der Waals surface area contributed by atoms with Gasteiger partial charge in [0.25, 0.3) is 9.05 Å². The van der Waals surface area contributed by atoms with E-state index in [4.69, 9.17) is 22.3 Å². The van der Waals surface area contributed by atoms with Crippen LogP contribution in [-0.4, -0.2) is 30.9 Å². The van der Waals surface area contributed by atoms with Crippen molar-refractivity contribution in [1.29, 1.82) is 0 Å². The van der Waals surface area contributed by atoms with Crippen molar-refractivity contribution in [3.8, 4) is 0 Å². The molecule has 3 aromatic rings. The van der Waals surface area contributed by atoms with Crippen LogP contribution in [0.3, 0.4) is 0 Å². The van der Waals surface area contributed by atoms with Gasteiger partial charge >= 0.3 is 0 Å². The average Bonchev–Trinajstić information content (AvgIpc) is 3.19. The minimum Gasteiger partial charge on any atom is -0.358 e. The molecule has 2 aromatic carbocycles. The van der Waals surface area contributed by atoms with Crippen LogP contribution in [0.4, 0.5) is 4.39 Å². The molecule has 0 aliphatic carbocycles. The molecule has 0 radical (unpaired) electrons. The van der Waals surface area contributed by atoms with Crippen molar-refractivity contribution in [2.24, 2.45) is 4.99 Å². The topological polar surface area (TPSA) is 96.4 Å². The van der Waals surface area contributed by atoms with Gasteiger partial charge in [0.15, 0.2) is 11.2 Å². The molecule has 6 nitrogen and oxygen atoms in total. The summed E-state index contributed by atoms with van der Waals surface area (Å²) in [5.41, 5.74) is -1.95. The molecule has 4 rings (SSSR count). The molecule has 31 heavy (non-hydrogen) atoms. The summed E-state index contributed by atoms with van der Waals surface area (Å²) in [4.78, 5) is 32.8. The first kappa shape index (κ1) is 21.4. The number of rotatable bonds is 5. The quantitative estimate of drug-likeness (QED) is 0.441. The van der Waals surface area contributed by atoms with Gasteiger partial charge in [0.05, 0.1) is 21.4 Å². The molecule has 1 N–H and O–H groups in total. The molecule has 10 heteroatoms. The van der Waals surface area contributed by atoms with Crippen molar-refractivity contribution in [3.63, 3.8) is 0 Å². The number of pyridine rings is 1. The molecule has 0 spiro atoms. The lowest BCUT2D eigenvalue weighted by Crippen LogP contribution is -2.38. The van der Waals surface area contributed by atoms with Crippen LogP contribution in [0.25, 0.3) is 10.9 Å². The molecule has 158 valence electrons. The van der Waals surface area contributed by atoms with E-state index >= 15 is 0 Å². The van der Waals surface area contributed by atoms with Crippen LogP contribution < -0.4 is 5.43 Å². The number of carbonyl (C=O) groups is 1. The van der Waals surface area contributed by atoms with Gasteiger partial charge in [-0.2, -0.15) is 0 Å². The fourth-order valence-corrected chi connectivity index (χ4v) is 4.36. The Balaban J connectivity index is 1.85. The van der Waals surface area contributed by atoms with E-state index in [9.17, 15) is 22.4 Å². The first-order valence-corrected chi connectivity index (χ1v) is 11.6. The number of hydrogen-bond acceptors (Lipinski definition) is 5. The number of aliphatic imine (C=N–C) groups is 1. The van der Waals surface area contributed by atoms with E-state index in [1.165, 1.54) is 6.21 Å². The molecule has 0 saturated carbocycles. The van der Waals surface area contributed by atoms with Crippen LogP contribution in [0.15, 0.2) is 69.4 Å². The third kappa shape index (κ3) is 3.94. The maximum absolute atomic E-state index is 14.4. The Labute approximate surface area is 185 Å². The first-order valence-electron chi connectivity index (χ1n) is 8.93. The van der Waals surface area contributed by atoms with Gasteiger partial charge in [-0.1, -0.05) is 23.7 Å². The number of nitrogens with zero attached hydrogens (tertiary/aromatic N) is 1. The molecule has 1 aliphatic rings. The van der Waals surface area contributed by atoms with Crippen LogP contribution in [0.1, 0.15) is 15.9 Å².